The van der Waals surface area contributed by atoms with Gasteiger partial charge in [0, 0.05) is 31.1 Å². The highest BCUT2D eigenvalue weighted by Gasteiger charge is 2.22. The van der Waals surface area contributed by atoms with E-state index in [0.29, 0.717) is 12.5 Å². The Morgan fingerprint density at radius 3 is 2.44 bits per heavy atom. The normalized spacial score (nSPS) is 16.2. The second-order valence-electron chi connectivity index (χ2n) is 7.94. The van der Waals surface area contributed by atoms with E-state index < -0.39 is 0 Å². The molecule has 25 heavy (non-hydrogen) atoms. The molecule has 0 spiro atoms. The van der Waals surface area contributed by atoms with E-state index in [1.165, 1.54) is 0 Å². The summed E-state index contributed by atoms with van der Waals surface area (Å²) in [6, 6.07) is 3.49. The van der Waals surface area contributed by atoms with Gasteiger partial charge in [-0.25, -0.2) is 9.67 Å². The van der Waals surface area contributed by atoms with E-state index >= 15 is 0 Å². The summed E-state index contributed by atoms with van der Waals surface area (Å²) in [5.74, 6) is 1.41. The third-order valence-corrected chi connectivity index (χ3v) is 4.77. The molecular formula is C19H27N5O. The van der Waals surface area contributed by atoms with E-state index in [2.05, 4.69) is 40.7 Å². The van der Waals surface area contributed by atoms with Gasteiger partial charge in [-0.15, -0.1) is 0 Å². The van der Waals surface area contributed by atoms with Crippen LogP contribution in [0.4, 0.5) is 5.82 Å². The first-order valence-corrected chi connectivity index (χ1v) is 8.95. The van der Waals surface area contributed by atoms with Gasteiger partial charge in [-0.2, -0.15) is 5.10 Å². The first-order valence-electron chi connectivity index (χ1n) is 8.95. The third-order valence-electron chi connectivity index (χ3n) is 4.77. The molecule has 1 aliphatic rings. The molecule has 0 amide bonds. The first kappa shape index (κ1) is 17.6. The quantitative estimate of drug-likeness (QED) is 0.858. The average molecular weight is 341 g/mol. The number of aryl methyl sites for hydroxylation is 1. The van der Waals surface area contributed by atoms with E-state index in [1.807, 2.05) is 25.4 Å². The topological polar surface area (TPSA) is 63.9 Å². The van der Waals surface area contributed by atoms with Crippen LogP contribution in [-0.2, 0) is 12.0 Å². The predicted octanol–water partition coefficient (Wildman–Crippen LogP) is 2.56. The zero-order valence-electron chi connectivity index (χ0n) is 15.6. The maximum Gasteiger partial charge on any atom is 0.266 e. The molecule has 3 heterocycles. The second-order valence-corrected chi connectivity index (χ2v) is 7.94. The summed E-state index contributed by atoms with van der Waals surface area (Å²) in [6.45, 7) is 10.9. The molecule has 2 aromatic heterocycles. The molecule has 0 aliphatic carbocycles. The molecular weight excluding hydrogens is 314 g/mol. The fourth-order valence-corrected chi connectivity index (χ4v) is 3.12. The Morgan fingerprint density at radius 1 is 1.12 bits per heavy atom. The van der Waals surface area contributed by atoms with Crippen LogP contribution in [-0.4, -0.2) is 32.8 Å². The van der Waals surface area contributed by atoms with Crippen molar-refractivity contribution >= 4 is 5.82 Å². The number of aromatic nitrogens is 4. The Labute approximate surface area is 148 Å². The predicted molar refractivity (Wildman–Crippen MR) is 98.9 cm³/mol. The van der Waals surface area contributed by atoms with Crippen molar-refractivity contribution in [3.63, 3.8) is 0 Å². The fourth-order valence-electron chi connectivity index (χ4n) is 3.12. The Balaban J connectivity index is 1.64. The summed E-state index contributed by atoms with van der Waals surface area (Å²) in [5.41, 5.74) is 1.82. The smallest absolute Gasteiger partial charge is 0.266 e. The largest absolute Gasteiger partial charge is 0.355 e. The zero-order valence-corrected chi connectivity index (χ0v) is 15.6. The van der Waals surface area contributed by atoms with Crippen LogP contribution in [0.5, 0.6) is 0 Å². The van der Waals surface area contributed by atoms with Crippen molar-refractivity contribution in [3.05, 3.63) is 46.3 Å². The Bertz CT molecular complexity index is 768. The van der Waals surface area contributed by atoms with E-state index in [9.17, 15) is 4.79 Å². The number of hydrogen-bond acceptors (Lipinski definition) is 5. The van der Waals surface area contributed by atoms with Gasteiger partial charge in [0.25, 0.3) is 5.56 Å². The number of nitrogens with zero attached hydrogens (tertiary/aromatic N) is 5. The molecule has 0 unspecified atom stereocenters. The number of hydrogen-bond donors (Lipinski definition) is 0. The highest BCUT2D eigenvalue weighted by molar-refractivity contribution is 5.36. The van der Waals surface area contributed by atoms with Crippen LogP contribution >= 0.6 is 0 Å². The van der Waals surface area contributed by atoms with Crippen molar-refractivity contribution in [2.75, 3.05) is 18.0 Å². The molecule has 6 heteroatoms. The van der Waals surface area contributed by atoms with Crippen LogP contribution in [0.15, 0.2) is 29.3 Å². The SMILES string of the molecule is Cc1cnc(N2CCC(Cn3nc(C(C)(C)C)ccc3=O)CC2)cn1. The van der Waals surface area contributed by atoms with Gasteiger partial charge in [0.15, 0.2) is 0 Å². The number of anilines is 1. The third kappa shape index (κ3) is 4.24. The molecule has 3 rings (SSSR count). The van der Waals surface area contributed by atoms with Gasteiger partial charge in [-0.1, -0.05) is 20.8 Å². The summed E-state index contributed by atoms with van der Waals surface area (Å²) in [6.07, 6.45) is 5.71. The summed E-state index contributed by atoms with van der Waals surface area (Å²) in [4.78, 5) is 23.2. The second kappa shape index (κ2) is 6.94. The monoisotopic (exact) mass is 341 g/mol. The molecule has 1 saturated heterocycles. The first-order chi connectivity index (χ1) is 11.8. The minimum absolute atomic E-state index is 0.0140. The van der Waals surface area contributed by atoms with Crippen molar-refractivity contribution in [2.45, 2.75) is 52.5 Å². The molecule has 134 valence electrons. The molecule has 0 N–H and O–H groups in total. The Morgan fingerprint density at radius 2 is 1.84 bits per heavy atom. The fraction of sp³-hybridized carbons (Fsp3) is 0.579. The standard InChI is InChI=1S/C19H27N5O/c1-14-11-21-17(12-20-14)23-9-7-15(8-10-23)13-24-18(25)6-5-16(22-24)19(2,3)4/h5-6,11-12,15H,7-10,13H2,1-4H3. The lowest BCUT2D eigenvalue weighted by atomic mass is 9.92. The van der Waals surface area contributed by atoms with Crippen LogP contribution in [0.1, 0.15) is 45.0 Å². The molecule has 2 aromatic rings. The van der Waals surface area contributed by atoms with Crippen LogP contribution < -0.4 is 10.5 Å². The van der Waals surface area contributed by atoms with Crippen molar-refractivity contribution in [3.8, 4) is 0 Å². The van der Waals surface area contributed by atoms with Crippen LogP contribution in [0, 0.1) is 12.8 Å². The van der Waals surface area contributed by atoms with Gasteiger partial charge in [0.05, 0.1) is 23.8 Å². The van der Waals surface area contributed by atoms with E-state index in [0.717, 1.165) is 43.1 Å². The molecule has 0 bridgehead atoms. The lowest BCUT2D eigenvalue weighted by Crippen LogP contribution is -2.37. The van der Waals surface area contributed by atoms with E-state index in [4.69, 9.17) is 0 Å². The molecule has 1 aliphatic heterocycles. The van der Waals surface area contributed by atoms with Crippen molar-refractivity contribution in [1.82, 2.24) is 19.7 Å². The highest BCUT2D eigenvalue weighted by atomic mass is 16.1. The van der Waals surface area contributed by atoms with E-state index in [1.54, 1.807) is 10.7 Å². The van der Waals surface area contributed by atoms with Crippen LogP contribution in [0.3, 0.4) is 0 Å². The maximum atomic E-state index is 12.2. The molecule has 0 aromatic carbocycles. The Kier molecular flexibility index (Phi) is 4.88. The zero-order chi connectivity index (χ0) is 18.0. The number of piperidine rings is 1. The van der Waals surface area contributed by atoms with E-state index in [-0.39, 0.29) is 11.0 Å². The lowest BCUT2D eigenvalue weighted by Gasteiger charge is -2.32. The minimum atomic E-state index is -0.0527. The Hall–Kier alpha value is -2.24. The van der Waals surface area contributed by atoms with Gasteiger partial charge in [-0.3, -0.25) is 9.78 Å². The molecule has 0 atom stereocenters. The molecule has 1 fully saturated rings. The summed E-state index contributed by atoms with van der Waals surface area (Å²) in [7, 11) is 0. The van der Waals surface area contributed by atoms with Gasteiger partial charge in [-0.05, 0) is 31.7 Å². The van der Waals surface area contributed by atoms with Crippen molar-refractivity contribution in [2.24, 2.45) is 5.92 Å². The minimum Gasteiger partial charge on any atom is -0.355 e. The van der Waals surface area contributed by atoms with Gasteiger partial charge in [0.1, 0.15) is 5.82 Å². The van der Waals surface area contributed by atoms with Crippen molar-refractivity contribution in [1.29, 1.82) is 0 Å². The summed E-state index contributed by atoms with van der Waals surface area (Å²) < 4.78 is 1.65. The average Bonchev–Trinajstić information content (AvgIpc) is 2.57. The van der Waals surface area contributed by atoms with Crippen LogP contribution in [0.25, 0.3) is 0 Å². The number of rotatable bonds is 3. The summed E-state index contributed by atoms with van der Waals surface area (Å²) >= 11 is 0. The summed E-state index contributed by atoms with van der Waals surface area (Å²) in [5, 5.41) is 4.59. The van der Waals surface area contributed by atoms with Gasteiger partial charge < -0.3 is 4.90 Å². The van der Waals surface area contributed by atoms with Crippen LogP contribution in [0.2, 0.25) is 0 Å². The van der Waals surface area contributed by atoms with Crippen molar-refractivity contribution < 1.29 is 0 Å². The van der Waals surface area contributed by atoms with Gasteiger partial charge >= 0.3 is 0 Å². The molecule has 6 nitrogen and oxygen atoms in total. The highest BCUT2D eigenvalue weighted by Crippen LogP contribution is 2.23. The molecule has 0 radical (unpaired) electrons. The lowest BCUT2D eigenvalue weighted by molar-refractivity contribution is 0.329. The molecule has 0 saturated carbocycles. The maximum absolute atomic E-state index is 12.2. The van der Waals surface area contributed by atoms with Gasteiger partial charge in [0.2, 0.25) is 0 Å².